The number of hydrogen-bond donors (Lipinski definition) is 1. The van der Waals surface area contributed by atoms with Crippen molar-refractivity contribution in [3.8, 4) is 0 Å². The van der Waals surface area contributed by atoms with Crippen molar-refractivity contribution in [1.29, 1.82) is 0 Å². The van der Waals surface area contributed by atoms with E-state index in [1.165, 1.54) is 36.8 Å². The molecule has 1 N–H and O–H groups in total. The van der Waals surface area contributed by atoms with Crippen molar-refractivity contribution in [3.63, 3.8) is 0 Å². The molecule has 0 unspecified atom stereocenters. The Morgan fingerprint density at radius 3 is 2.77 bits per heavy atom. The fourth-order valence-electron chi connectivity index (χ4n) is 2.28. The molecule has 6 nitrogen and oxygen atoms in total. The van der Waals surface area contributed by atoms with Crippen LogP contribution in [-0.2, 0) is 14.8 Å². The monoisotopic (exact) mass is 429 g/mol. The summed E-state index contributed by atoms with van der Waals surface area (Å²) in [7, 11) is -2.65. The zero-order valence-corrected chi connectivity index (χ0v) is 16.6. The van der Waals surface area contributed by atoms with E-state index in [0.717, 1.165) is 14.4 Å². The van der Waals surface area contributed by atoms with E-state index in [4.69, 9.17) is 23.2 Å². The van der Waals surface area contributed by atoms with Gasteiger partial charge in [0.25, 0.3) is 0 Å². The van der Waals surface area contributed by atoms with Crippen LogP contribution in [0, 0.1) is 0 Å². The van der Waals surface area contributed by atoms with Gasteiger partial charge in [-0.05, 0) is 47.9 Å². The highest BCUT2D eigenvalue weighted by atomic mass is 35.5. The summed E-state index contributed by atoms with van der Waals surface area (Å²) < 4.78 is 31.2. The predicted octanol–water partition coefficient (Wildman–Crippen LogP) is 3.86. The van der Waals surface area contributed by atoms with E-state index in [-0.39, 0.29) is 21.5 Å². The minimum Gasteiger partial charge on any atom is -0.325 e. The normalized spacial score (nSPS) is 11.8. The number of nitrogens with zero attached hydrogens (tertiary/aromatic N) is 2. The maximum atomic E-state index is 12.6. The summed E-state index contributed by atoms with van der Waals surface area (Å²) in [5.41, 5.74) is 0.564. The molecular formula is C16H13Cl2N3O3S2. The van der Waals surface area contributed by atoms with Gasteiger partial charge in [-0.25, -0.2) is 8.42 Å². The van der Waals surface area contributed by atoms with E-state index < -0.39 is 15.9 Å². The van der Waals surface area contributed by atoms with Gasteiger partial charge in [0, 0.05) is 29.3 Å². The molecule has 26 heavy (non-hydrogen) atoms. The third-order valence-electron chi connectivity index (χ3n) is 3.58. The molecule has 0 aliphatic carbocycles. The number of fused-ring (bicyclic) bond motifs is 1. The van der Waals surface area contributed by atoms with Gasteiger partial charge in [0.05, 0.1) is 16.3 Å². The molecule has 1 aromatic heterocycles. The van der Waals surface area contributed by atoms with E-state index in [2.05, 4.69) is 9.69 Å². The minimum atomic E-state index is -3.96. The fraction of sp³-hybridized carbons (Fsp3) is 0.125. The Hall–Kier alpha value is -1.71. The molecule has 0 saturated carbocycles. The molecule has 0 radical (unpaired) electrons. The van der Waals surface area contributed by atoms with Gasteiger partial charge >= 0.3 is 0 Å². The van der Waals surface area contributed by atoms with Crippen molar-refractivity contribution in [1.82, 2.24) is 8.68 Å². The lowest BCUT2D eigenvalue weighted by molar-refractivity contribution is -0.116. The van der Waals surface area contributed by atoms with Gasteiger partial charge in [0.15, 0.2) is 0 Å². The number of rotatable bonds is 5. The summed E-state index contributed by atoms with van der Waals surface area (Å²) in [6, 6.07) is 9.50. The average molecular weight is 430 g/mol. The van der Waals surface area contributed by atoms with E-state index in [9.17, 15) is 13.2 Å². The van der Waals surface area contributed by atoms with Gasteiger partial charge in [0.1, 0.15) is 4.90 Å². The van der Waals surface area contributed by atoms with Crippen LogP contribution < -0.4 is 5.32 Å². The summed E-state index contributed by atoms with van der Waals surface area (Å²) in [6.45, 7) is -0.370. The summed E-state index contributed by atoms with van der Waals surface area (Å²) in [4.78, 5) is 12.1. The summed E-state index contributed by atoms with van der Waals surface area (Å²) in [5, 5.41) is 3.86. The van der Waals surface area contributed by atoms with Gasteiger partial charge < -0.3 is 5.32 Å². The molecule has 10 heteroatoms. The number of halogens is 2. The molecule has 3 rings (SSSR count). The van der Waals surface area contributed by atoms with Crippen LogP contribution in [-0.4, -0.2) is 36.6 Å². The maximum Gasteiger partial charge on any atom is 0.244 e. The second-order valence-electron chi connectivity index (χ2n) is 5.46. The van der Waals surface area contributed by atoms with Crippen molar-refractivity contribution < 1.29 is 13.2 Å². The lowest BCUT2D eigenvalue weighted by atomic mass is 10.2. The lowest BCUT2D eigenvalue weighted by Gasteiger charge is -2.18. The quantitative estimate of drug-likeness (QED) is 0.667. The Kier molecular flexibility index (Phi) is 5.50. The molecule has 1 heterocycles. The topological polar surface area (TPSA) is 79.4 Å². The maximum absolute atomic E-state index is 12.6. The third kappa shape index (κ3) is 3.99. The number of hydrogen-bond acceptors (Lipinski definition) is 5. The van der Waals surface area contributed by atoms with Crippen LogP contribution >= 0.6 is 34.7 Å². The molecule has 0 atom stereocenters. The molecule has 0 bridgehead atoms. The van der Waals surface area contributed by atoms with E-state index in [1.807, 2.05) is 6.07 Å². The smallest absolute Gasteiger partial charge is 0.244 e. The molecule has 0 spiro atoms. The number of anilines is 1. The zero-order valence-electron chi connectivity index (χ0n) is 13.4. The first kappa shape index (κ1) is 19.1. The van der Waals surface area contributed by atoms with Crippen molar-refractivity contribution in [2.24, 2.45) is 0 Å². The third-order valence-corrected chi connectivity index (χ3v) is 6.88. The number of sulfonamides is 1. The molecule has 136 valence electrons. The first-order valence-electron chi connectivity index (χ1n) is 7.33. The summed E-state index contributed by atoms with van der Waals surface area (Å²) >= 11 is 13.2. The van der Waals surface area contributed by atoms with Crippen LogP contribution in [0.25, 0.3) is 10.1 Å². The number of carbonyl (C=O) groups excluding carboxylic acids is 1. The Balaban J connectivity index is 1.74. The van der Waals surface area contributed by atoms with Crippen LogP contribution in [0.1, 0.15) is 0 Å². The number of aromatic nitrogens is 1. The highest BCUT2D eigenvalue weighted by Gasteiger charge is 2.25. The van der Waals surface area contributed by atoms with E-state index >= 15 is 0 Å². The van der Waals surface area contributed by atoms with Gasteiger partial charge in [-0.15, -0.1) is 0 Å². The largest absolute Gasteiger partial charge is 0.325 e. The average Bonchev–Trinajstić information content (AvgIpc) is 3.04. The van der Waals surface area contributed by atoms with E-state index in [0.29, 0.717) is 5.69 Å². The Labute approximate surface area is 164 Å². The highest BCUT2D eigenvalue weighted by molar-refractivity contribution is 7.89. The molecule has 2 aromatic carbocycles. The number of benzene rings is 2. The minimum absolute atomic E-state index is 0.0390. The van der Waals surface area contributed by atoms with Crippen LogP contribution in [0.3, 0.4) is 0 Å². The predicted molar refractivity (Wildman–Crippen MR) is 105 cm³/mol. The van der Waals surface area contributed by atoms with Crippen LogP contribution in [0.4, 0.5) is 5.69 Å². The standard InChI is InChI=1S/C16H13Cl2N3O3S2/c1-21(26(23,24)15-7-11(17)2-4-13(15)18)9-16(22)20-12-3-5-14-10(6-12)8-19-25-14/h2-8H,9H2,1H3,(H,20,22). The van der Waals surface area contributed by atoms with Crippen LogP contribution in [0.15, 0.2) is 47.5 Å². The second kappa shape index (κ2) is 7.50. The number of amides is 1. The first-order chi connectivity index (χ1) is 12.3. The summed E-state index contributed by atoms with van der Waals surface area (Å²) in [5.74, 6) is -0.475. The SMILES string of the molecule is CN(CC(=O)Nc1ccc2sncc2c1)S(=O)(=O)c1cc(Cl)ccc1Cl. The van der Waals surface area contributed by atoms with Crippen molar-refractivity contribution in [2.45, 2.75) is 4.90 Å². The Morgan fingerprint density at radius 1 is 1.23 bits per heavy atom. The van der Waals surface area contributed by atoms with E-state index in [1.54, 1.807) is 18.3 Å². The van der Waals surface area contributed by atoms with Gasteiger partial charge in [0.2, 0.25) is 15.9 Å². The highest BCUT2D eigenvalue weighted by Crippen LogP contribution is 2.27. The molecule has 0 saturated heterocycles. The van der Waals surface area contributed by atoms with Crippen LogP contribution in [0.5, 0.6) is 0 Å². The molecular weight excluding hydrogens is 417 g/mol. The van der Waals surface area contributed by atoms with Gasteiger partial charge in [-0.3, -0.25) is 4.79 Å². The first-order valence-corrected chi connectivity index (χ1v) is 10.3. The Bertz CT molecular complexity index is 1080. The second-order valence-corrected chi connectivity index (χ2v) is 9.15. The van der Waals surface area contributed by atoms with Crippen molar-refractivity contribution in [2.75, 3.05) is 18.9 Å². The molecule has 1 amide bonds. The molecule has 3 aromatic rings. The number of nitrogens with one attached hydrogen (secondary N) is 1. The molecule has 0 aliphatic heterocycles. The van der Waals surface area contributed by atoms with Gasteiger partial charge in [-0.2, -0.15) is 8.68 Å². The van der Waals surface area contributed by atoms with Crippen LogP contribution in [0.2, 0.25) is 10.0 Å². The van der Waals surface area contributed by atoms with Crippen molar-refractivity contribution in [3.05, 3.63) is 52.6 Å². The fourth-order valence-corrected chi connectivity index (χ4v) is 4.77. The van der Waals surface area contributed by atoms with Crippen molar-refractivity contribution >= 4 is 66.4 Å². The molecule has 0 aliphatic rings. The summed E-state index contributed by atoms with van der Waals surface area (Å²) in [6.07, 6.45) is 1.70. The number of likely N-dealkylation sites (N-methyl/N-ethyl adjacent to an activating group) is 1. The number of carbonyl (C=O) groups is 1. The Morgan fingerprint density at radius 2 is 2.00 bits per heavy atom. The lowest BCUT2D eigenvalue weighted by Crippen LogP contribution is -2.35. The molecule has 0 fully saturated rings. The zero-order chi connectivity index (χ0) is 18.9. The van der Waals surface area contributed by atoms with Gasteiger partial charge in [-0.1, -0.05) is 23.2 Å².